The van der Waals surface area contributed by atoms with Crippen LogP contribution in [0.1, 0.15) is 23.2 Å². The fourth-order valence-electron chi connectivity index (χ4n) is 2.57. The van der Waals surface area contributed by atoms with Crippen LogP contribution in [-0.4, -0.2) is 37.4 Å². The van der Waals surface area contributed by atoms with Gasteiger partial charge < -0.3 is 20.1 Å². The summed E-state index contributed by atoms with van der Waals surface area (Å²) in [5.41, 5.74) is 6.13. The largest absolute Gasteiger partial charge is 0.493 e. The summed E-state index contributed by atoms with van der Waals surface area (Å²) in [7, 11) is 0. The van der Waals surface area contributed by atoms with Crippen molar-refractivity contribution < 1.29 is 19.0 Å². The number of aromatic carboxylic acids is 1. The molecule has 2 heterocycles. The van der Waals surface area contributed by atoms with Crippen LogP contribution < -0.4 is 10.5 Å². The zero-order valence-corrected chi connectivity index (χ0v) is 16.3. The third-order valence-electron chi connectivity index (χ3n) is 3.92. The molecule has 0 aliphatic rings. The van der Waals surface area contributed by atoms with Crippen molar-refractivity contribution in [1.82, 2.24) is 19.7 Å². The third-order valence-corrected chi connectivity index (χ3v) is 4.53. The highest BCUT2D eigenvalue weighted by molar-refractivity contribution is 9.10. The normalized spacial score (nSPS) is 10.8. The first kappa shape index (κ1) is 19.7. The Hall–Kier alpha value is -3.01. The fourth-order valence-corrected chi connectivity index (χ4v) is 2.90. The molecule has 0 aliphatic carbocycles. The van der Waals surface area contributed by atoms with Crippen LogP contribution in [0.25, 0.3) is 11.5 Å². The van der Waals surface area contributed by atoms with Gasteiger partial charge in [0.15, 0.2) is 5.82 Å². The molecule has 0 saturated carbocycles. The Labute approximate surface area is 168 Å². The van der Waals surface area contributed by atoms with E-state index in [2.05, 4.69) is 31.1 Å². The highest BCUT2D eigenvalue weighted by atomic mass is 79.9. The highest BCUT2D eigenvalue weighted by Gasteiger charge is 2.15. The van der Waals surface area contributed by atoms with Gasteiger partial charge in [0.2, 0.25) is 0 Å². The van der Waals surface area contributed by atoms with Crippen molar-refractivity contribution in [1.29, 1.82) is 0 Å². The van der Waals surface area contributed by atoms with E-state index in [0.717, 1.165) is 12.5 Å². The Balaban J connectivity index is 1.56. The van der Waals surface area contributed by atoms with Crippen molar-refractivity contribution in [2.24, 2.45) is 0 Å². The molecule has 0 radical (unpaired) electrons. The van der Waals surface area contributed by atoms with Gasteiger partial charge in [0.1, 0.15) is 35.0 Å². The maximum absolute atomic E-state index is 13.5. The van der Waals surface area contributed by atoms with Gasteiger partial charge in [-0.1, -0.05) is 6.07 Å². The minimum absolute atomic E-state index is 0.120. The van der Waals surface area contributed by atoms with Gasteiger partial charge in [0.25, 0.3) is 0 Å². The lowest BCUT2D eigenvalue weighted by Gasteiger charge is -2.11. The number of aromatic nitrogens is 4. The van der Waals surface area contributed by atoms with Gasteiger partial charge in [-0.3, -0.25) is 0 Å². The molecule has 0 unspecified atom stereocenters. The Kier molecular flexibility index (Phi) is 6.19. The molecule has 1 aromatic carbocycles. The molecule has 0 fully saturated rings. The van der Waals surface area contributed by atoms with Crippen molar-refractivity contribution in [2.75, 3.05) is 12.3 Å². The molecule has 3 aromatic rings. The number of rotatable bonds is 8. The van der Waals surface area contributed by atoms with E-state index in [1.165, 1.54) is 6.07 Å². The molecule has 0 atom stereocenters. The SMILES string of the molecule is Nc1cccc(-c2nncn2CCCCOc2cc(Br)c(F)cc2C(=O)O)n1. The van der Waals surface area contributed by atoms with E-state index < -0.39 is 11.8 Å². The summed E-state index contributed by atoms with van der Waals surface area (Å²) in [5, 5.41) is 17.2. The number of pyridine rings is 1. The number of hydrogen-bond acceptors (Lipinski definition) is 6. The Bertz CT molecular complexity index is 995. The van der Waals surface area contributed by atoms with E-state index in [0.29, 0.717) is 30.3 Å². The molecule has 8 nitrogen and oxygen atoms in total. The molecule has 2 aromatic heterocycles. The number of nitrogen functional groups attached to an aromatic ring is 1. The second kappa shape index (κ2) is 8.79. The fraction of sp³-hybridized carbons (Fsp3) is 0.222. The molecule has 0 aliphatic heterocycles. The second-order valence-electron chi connectivity index (χ2n) is 5.92. The molecular formula is C18H17BrFN5O3. The predicted octanol–water partition coefficient (Wildman–Crippen LogP) is 3.38. The lowest BCUT2D eigenvalue weighted by Crippen LogP contribution is -2.07. The zero-order valence-electron chi connectivity index (χ0n) is 14.7. The minimum atomic E-state index is -1.25. The summed E-state index contributed by atoms with van der Waals surface area (Å²) in [4.78, 5) is 15.5. The van der Waals surface area contributed by atoms with Crippen LogP contribution >= 0.6 is 15.9 Å². The minimum Gasteiger partial charge on any atom is -0.493 e. The number of carboxylic acids is 1. The van der Waals surface area contributed by atoms with Crippen molar-refractivity contribution >= 4 is 27.7 Å². The number of unbranched alkanes of at least 4 members (excludes halogenated alkanes) is 1. The monoisotopic (exact) mass is 449 g/mol. The maximum Gasteiger partial charge on any atom is 0.339 e. The van der Waals surface area contributed by atoms with E-state index in [4.69, 9.17) is 10.5 Å². The average molecular weight is 450 g/mol. The third kappa shape index (κ3) is 4.63. The van der Waals surface area contributed by atoms with E-state index in [1.54, 1.807) is 24.5 Å². The first-order valence-electron chi connectivity index (χ1n) is 8.41. The van der Waals surface area contributed by atoms with Gasteiger partial charge in [-0.2, -0.15) is 0 Å². The van der Waals surface area contributed by atoms with Gasteiger partial charge in [-0.05, 0) is 53.0 Å². The molecule has 0 bridgehead atoms. The quantitative estimate of drug-likeness (QED) is 0.506. The second-order valence-corrected chi connectivity index (χ2v) is 6.77. The van der Waals surface area contributed by atoms with Crippen LogP contribution in [0, 0.1) is 5.82 Å². The number of benzene rings is 1. The summed E-state index contributed by atoms with van der Waals surface area (Å²) in [6.45, 7) is 0.910. The lowest BCUT2D eigenvalue weighted by molar-refractivity contribution is 0.0691. The molecular weight excluding hydrogens is 433 g/mol. The van der Waals surface area contributed by atoms with E-state index in [-0.39, 0.29) is 22.4 Å². The smallest absolute Gasteiger partial charge is 0.339 e. The van der Waals surface area contributed by atoms with Crippen molar-refractivity contribution in [3.05, 3.63) is 52.5 Å². The van der Waals surface area contributed by atoms with Gasteiger partial charge in [0, 0.05) is 6.54 Å². The first-order chi connectivity index (χ1) is 13.5. The number of anilines is 1. The number of aryl methyl sites for hydroxylation is 1. The summed E-state index contributed by atoms with van der Waals surface area (Å²) in [6, 6.07) is 7.55. The molecule has 3 rings (SSSR count). The summed E-state index contributed by atoms with van der Waals surface area (Å²) in [5.74, 6) is -0.760. The summed E-state index contributed by atoms with van der Waals surface area (Å²) >= 11 is 3.03. The summed E-state index contributed by atoms with van der Waals surface area (Å²) in [6.07, 6.45) is 2.99. The van der Waals surface area contributed by atoms with Gasteiger partial charge in [0.05, 0.1) is 11.1 Å². The molecule has 0 amide bonds. The number of carboxylic acid groups (broad SMARTS) is 1. The van der Waals surface area contributed by atoms with Crippen LogP contribution in [0.15, 0.2) is 41.1 Å². The van der Waals surface area contributed by atoms with Crippen LogP contribution in [0.3, 0.4) is 0 Å². The average Bonchev–Trinajstić information content (AvgIpc) is 3.12. The van der Waals surface area contributed by atoms with Crippen LogP contribution in [0.5, 0.6) is 5.75 Å². The van der Waals surface area contributed by atoms with Crippen LogP contribution in [-0.2, 0) is 6.54 Å². The molecule has 146 valence electrons. The summed E-state index contributed by atoms with van der Waals surface area (Å²) < 4.78 is 21.1. The standard InChI is InChI=1S/C18H17BrFN5O3/c19-12-9-15(11(18(26)27)8-13(12)20)28-7-2-1-6-25-10-22-24-17(25)14-4-3-5-16(21)23-14/h3-5,8-10H,1-2,6-7H2,(H2,21,23)(H,26,27). The van der Waals surface area contributed by atoms with Crippen molar-refractivity contribution in [3.8, 4) is 17.3 Å². The number of nitrogens with zero attached hydrogens (tertiary/aromatic N) is 4. The van der Waals surface area contributed by atoms with E-state index in [9.17, 15) is 14.3 Å². The maximum atomic E-state index is 13.5. The Morgan fingerprint density at radius 1 is 1.32 bits per heavy atom. The first-order valence-corrected chi connectivity index (χ1v) is 9.21. The highest BCUT2D eigenvalue weighted by Crippen LogP contribution is 2.27. The molecule has 10 heteroatoms. The predicted molar refractivity (Wildman–Crippen MR) is 103 cm³/mol. The number of nitrogens with two attached hydrogens (primary N) is 1. The van der Waals surface area contributed by atoms with Crippen LogP contribution in [0.2, 0.25) is 0 Å². The lowest BCUT2D eigenvalue weighted by atomic mass is 10.2. The molecule has 0 saturated heterocycles. The van der Waals surface area contributed by atoms with Crippen molar-refractivity contribution in [2.45, 2.75) is 19.4 Å². The van der Waals surface area contributed by atoms with E-state index >= 15 is 0 Å². The Morgan fingerprint density at radius 2 is 2.14 bits per heavy atom. The number of hydrogen-bond donors (Lipinski definition) is 2. The number of ether oxygens (including phenoxy) is 1. The van der Waals surface area contributed by atoms with Gasteiger partial charge >= 0.3 is 5.97 Å². The van der Waals surface area contributed by atoms with Gasteiger partial charge in [-0.25, -0.2) is 14.2 Å². The zero-order chi connectivity index (χ0) is 20.1. The molecule has 0 spiro atoms. The van der Waals surface area contributed by atoms with E-state index in [1.807, 2.05) is 4.57 Å². The van der Waals surface area contributed by atoms with Crippen LogP contribution in [0.4, 0.5) is 10.2 Å². The topological polar surface area (TPSA) is 116 Å². The molecule has 28 heavy (non-hydrogen) atoms. The molecule has 3 N–H and O–H groups in total. The number of carbonyl (C=O) groups is 1. The number of halogens is 2. The Morgan fingerprint density at radius 3 is 2.89 bits per heavy atom. The van der Waals surface area contributed by atoms with Gasteiger partial charge in [-0.15, -0.1) is 10.2 Å². The van der Waals surface area contributed by atoms with Crippen molar-refractivity contribution in [3.63, 3.8) is 0 Å².